The van der Waals surface area contributed by atoms with E-state index < -0.39 is 0 Å². The third-order valence-electron chi connectivity index (χ3n) is 3.93. The number of rotatable bonds is 5. The Labute approximate surface area is 144 Å². The van der Waals surface area contributed by atoms with E-state index in [4.69, 9.17) is 0 Å². The van der Waals surface area contributed by atoms with Crippen LogP contribution in [0.5, 0.6) is 0 Å². The zero-order chi connectivity index (χ0) is 17.4. The standard InChI is InChI=1S/C18H29N5O/c1-14(2)12-20-17(19-3)21-13-15-7-6-8-16(11-15)22-18(24)23-9-4-5-10-23/h6-8,11,14H,4-5,9-10,12-13H2,1-3H3,(H,22,24)(H2,19,20,21). The Morgan fingerprint density at radius 1 is 1.25 bits per heavy atom. The minimum Gasteiger partial charge on any atom is -0.356 e. The third kappa shape index (κ3) is 5.76. The van der Waals surface area contributed by atoms with Crippen molar-refractivity contribution in [3.63, 3.8) is 0 Å². The summed E-state index contributed by atoms with van der Waals surface area (Å²) in [6.45, 7) is 7.56. The molecule has 0 aromatic heterocycles. The van der Waals surface area contributed by atoms with E-state index in [1.165, 1.54) is 0 Å². The number of urea groups is 1. The second kappa shape index (κ2) is 9.15. The molecule has 1 saturated heterocycles. The van der Waals surface area contributed by atoms with Crippen LogP contribution in [0.25, 0.3) is 0 Å². The van der Waals surface area contributed by atoms with Crippen LogP contribution in [0.1, 0.15) is 32.3 Å². The average molecular weight is 331 g/mol. The number of guanidine groups is 1. The van der Waals surface area contributed by atoms with Gasteiger partial charge in [-0.25, -0.2) is 4.79 Å². The summed E-state index contributed by atoms with van der Waals surface area (Å²) in [5.41, 5.74) is 1.93. The zero-order valence-corrected chi connectivity index (χ0v) is 14.9. The van der Waals surface area contributed by atoms with Gasteiger partial charge < -0.3 is 20.9 Å². The van der Waals surface area contributed by atoms with Gasteiger partial charge in [0, 0.05) is 38.9 Å². The molecule has 1 aromatic carbocycles. The SMILES string of the molecule is CN=C(NCc1cccc(NC(=O)N2CCCC2)c1)NCC(C)C. The predicted octanol–water partition coefficient (Wildman–Crippen LogP) is 2.64. The summed E-state index contributed by atoms with van der Waals surface area (Å²) in [7, 11) is 1.77. The molecule has 1 fully saturated rings. The van der Waals surface area contributed by atoms with Gasteiger partial charge in [0.2, 0.25) is 0 Å². The van der Waals surface area contributed by atoms with Gasteiger partial charge in [-0.3, -0.25) is 4.99 Å². The summed E-state index contributed by atoms with van der Waals surface area (Å²) in [6, 6.07) is 7.90. The number of nitrogens with one attached hydrogen (secondary N) is 3. The van der Waals surface area contributed by atoms with E-state index >= 15 is 0 Å². The van der Waals surface area contributed by atoms with Gasteiger partial charge >= 0.3 is 6.03 Å². The van der Waals surface area contributed by atoms with Crippen molar-refractivity contribution < 1.29 is 4.79 Å². The molecule has 6 nitrogen and oxygen atoms in total. The maximum Gasteiger partial charge on any atom is 0.321 e. The van der Waals surface area contributed by atoms with Gasteiger partial charge in [0.05, 0.1) is 0 Å². The summed E-state index contributed by atoms with van der Waals surface area (Å²) in [5.74, 6) is 1.35. The molecular weight excluding hydrogens is 302 g/mol. The highest BCUT2D eigenvalue weighted by Crippen LogP contribution is 2.14. The number of hydrogen-bond donors (Lipinski definition) is 3. The highest BCUT2D eigenvalue weighted by atomic mass is 16.2. The molecule has 0 spiro atoms. The molecule has 24 heavy (non-hydrogen) atoms. The van der Waals surface area contributed by atoms with Crippen LogP contribution in [-0.2, 0) is 6.54 Å². The second-order valence-electron chi connectivity index (χ2n) is 6.53. The van der Waals surface area contributed by atoms with Crippen LogP contribution in [0.15, 0.2) is 29.3 Å². The van der Waals surface area contributed by atoms with Crippen molar-refractivity contribution in [1.29, 1.82) is 0 Å². The summed E-state index contributed by atoms with van der Waals surface area (Å²) in [4.78, 5) is 18.2. The quantitative estimate of drug-likeness (QED) is 0.574. The Balaban J connectivity index is 1.86. The number of likely N-dealkylation sites (tertiary alicyclic amines) is 1. The van der Waals surface area contributed by atoms with Crippen molar-refractivity contribution in [2.75, 3.05) is 32.0 Å². The van der Waals surface area contributed by atoms with E-state index in [0.29, 0.717) is 12.5 Å². The predicted molar refractivity (Wildman–Crippen MR) is 99.3 cm³/mol. The number of aliphatic imine (C=N–C) groups is 1. The number of carbonyl (C=O) groups excluding carboxylic acids is 1. The van der Waals surface area contributed by atoms with Gasteiger partial charge in [0.25, 0.3) is 0 Å². The fourth-order valence-electron chi connectivity index (χ4n) is 2.59. The maximum absolute atomic E-state index is 12.2. The minimum absolute atomic E-state index is 0.00739. The summed E-state index contributed by atoms with van der Waals surface area (Å²) >= 11 is 0. The second-order valence-corrected chi connectivity index (χ2v) is 6.53. The molecule has 0 saturated carbocycles. The van der Waals surface area contributed by atoms with Crippen LogP contribution in [-0.4, -0.2) is 43.6 Å². The number of carbonyl (C=O) groups is 1. The summed E-state index contributed by atoms with van der Waals surface area (Å²) < 4.78 is 0. The molecule has 2 rings (SSSR count). The van der Waals surface area contributed by atoms with Gasteiger partial charge in [-0.2, -0.15) is 0 Å². The molecule has 0 unspecified atom stereocenters. The van der Waals surface area contributed by atoms with E-state index in [9.17, 15) is 4.79 Å². The fraction of sp³-hybridized carbons (Fsp3) is 0.556. The van der Waals surface area contributed by atoms with E-state index in [2.05, 4.69) is 34.8 Å². The van der Waals surface area contributed by atoms with Crippen molar-refractivity contribution >= 4 is 17.7 Å². The first kappa shape index (κ1) is 18.1. The fourth-order valence-corrected chi connectivity index (χ4v) is 2.59. The Kier molecular flexibility index (Phi) is 6.90. The van der Waals surface area contributed by atoms with Crippen LogP contribution < -0.4 is 16.0 Å². The summed E-state index contributed by atoms with van der Waals surface area (Å²) in [6.07, 6.45) is 2.19. The lowest BCUT2D eigenvalue weighted by molar-refractivity contribution is 0.222. The van der Waals surface area contributed by atoms with Gasteiger partial charge in [0.15, 0.2) is 5.96 Å². The van der Waals surface area contributed by atoms with Gasteiger partial charge in [-0.15, -0.1) is 0 Å². The van der Waals surface area contributed by atoms with Crippen molar-refractivity contribution in [1.82, 2.24) is 15.5 Å². The number of hydrogen-bond acceptors (Lipinski definition) is 2. The number of nitrogens with zero attached hydrogens (tertiary/aromatic N) is 2. The normalized spacial score (nSPS) is 14.8. The molecule has 0 aliphatic carbocycles. The van der Waals surface area contributed by atoms with Crippen molar-refractivity contribution in [3.8, 4) is 0 Å². The highest BCUT2D eigenvalue weighted by Gasteiger charge is 2.17. The van der Waals surface area contributed by atoms with Crippen molar-refractivity contribution in [2.24, 2.45) is 10.9 Å². The van der Waals surface area contributed by atoms with E-state index in [-0.39, 0.29) is 6.03 Å². The molecular formula is C18H29N5O. The van der Waals surface area contributed by atoms with Crippen molar-refractivity contribution in [3.05, 3.63) is 29.8 Å². The molecule has 2 amide bonds. The van der Waals surface area contributed by atoms with Gasteiger partial charge in [-0.05, 0) is 36.5 Å². The first-order valence-electron chi connectivity index (χ1n) is 8.68. The Morgan fingerprint density at radius 2 is 2.00 bits per heavy atom. The molecule has 6 heteroatoms. The van der Waals surface area contributed by atoms with E-state index in [1.807, 2.05) is 29.2 Å². The Bertz CT molecular complexity index is 564. The molecule has 1 aromatic rings. The number of amides is 2. The van der Waals surface area contributed by atoms with Crippen LogP contribution in [0, 0.1) is 5.92 Å². The smallest absolute Gasteiger partial charge is 0.321 e. The van der Waals surface area contributed by atoms with Gasteiger partial charge in [-0.1, -0.05) is 26.0 Å². The van der Waals surface area contributed by atoms with E-state index in [1.54, 1.807) is 7.05 Å². The summed E-state index contributed by atoms with van der Waals surface area (Å²) in [5, 5.41) is 9.56. The van der Waals surface area contributed by atoms with Crippen LogP contribution in [0.2, 0.25) is 0 Å². The number of benzene rings is 1. The third-order valence-corrected chi connectivity index (χ3v) is 3.93. The first-order valence-corrected chi connectivity index (χ1v) is 8.68. The molecule has 3 N–H and O–H groups in total. The zero-order valence-electron chi connectivity index (χ0n) is 14.9. The largest absolute Gasteiger partial charge is 0.356 e. The molecule has 0 bridgehead atoms. The lowest BCUT2D eigenvalue weighted by atomic mass is 10.2. The molecule has 1 heterocycles. The topological polar surface area (TPSA) is 68.8 Å². The molecule has 1 aliphatic heterocycles. The number of anilines is 1. The minimum atomic E-state index is -0.00739. The maximum atomic E-state index is 12.2. The van der Waals surface area contributed by atoms with Crippen LogP contribution in [0.3, 0.4) is 0 Å². The lowest BCUT2D eigenvalue weighted by Crippen LogP contribution is -2.38. The Morgan fingerprint density at radius 3 is 2.67 bits per heavy atom. The molecule has 1 aliphatic rings. The van der Waals surface area contributed by atoms with Crippen molar-refractivity contribution in [2.45, 2.75) is 33.2 Å². The molecule has 132 valence electrons. The van der Waals surface area contributed by atoms with E-state index in [0.717, 1.165) is 49.7 Å². The Hall–Kier alpha value is -2.24. The van der Waals surface area contributed by atoms with Crippen LogP contribution in [0.4, 0.5) is 10.5 Å². The highest BCUT2D eigenvalue weighted by molar-refractivity contribution is 5.89. The monoisotopic (exact) mass is 331 g/mol. The molecule has 0 radical (unpaired) electrons. The molecule has 0 atom stereocenters. The lowest BCUT2D eigenvalue weighted by Gasteiger charge is -2.17. The first-order chi connectivity index (χ1) is 11.6. The average Bonchev–Trinajstić information content (AvgIpc) is 3.10. The van der Waals surface area contributed by atoms with Gasteiger partial charge in [0.1, 0.15) is 0 Å². The van der Waals surface area contributed by atoms with Crippen LogP contribution >= 0.6 is 0 Å².